The molecule has 0 aromatic heterocycles. The number of fused-ring (bicyclic) bond motifs is 7. The van der Waals surface area contributed by atoms with Crippen LogP contribution < -0.4 is 0 Å². The van der Waals surface area contributed by atoms with E-state index >= 15 is 0 Å². The molecule has 2 aliphatic heterocycles. The van der Waals surface area contributed by atoms with Gasteiger partial charge in [0.2, 0.25) is 0 Å². The number of aliphatic hydroxyl groups is 10. The van der Waals surface area contributed by atoms with E-state index in [0.29, 0.717) is 12.8 Å². The number of ether oxygens (including phenoxy) is 4. The summed E-state index contributed by atoms with van der Waals surface area (Å²) in [6.45, 7) is 14.4. The van der Waals surface area contributed by atoms with E-state index in [1.54, 1.807) is 0 Å². The largest absolute Gasteiger partial charge is 0.394 e. The van der Waals surface area contributed by atoms with Crippen LogP contribution in [0.25, 0.3) is 0 Å². The van der Waals surface area contributed by atoms with E-state index in [2.05, 4.69) is 60.6 Å². The van der Waals surface area contributed by atoms with Gasteiger partial charge in [-0.15, -0.1) is 0 Å². The van der Waals surface area contributed by atoms with Crippen molar-refractivity contribution in [2.24, 2.45) is 50.7 Å². The lowest BCUT2D eigenvalue weighted by Gasteiger charge is -2.69. The van der Waals surface area contributed by atoms with E-state index in [1.165, 1.54) is 11.1 Å². The summed E-state index contributed by atoms with van der Waals surface area (Å²) in [6, 6.07) is 0. The molecule has 0 bridgehead atoms. The minimum Gasteiger partial charge on any atom is -0.394 e. The number of allylic oxidation sites excluding steroid dienone is 4. The first-order chi connectivity index (χ1) is 26.1. The topological polar surface area (TPSA) is 239 Å². The highest BCUT2D eigenvalue weighted by atomic mass is 16.7. The van der Waals surface area contributed by atoms with Gasteiger partial charge in [0.25, 0.3) is 0 Å². The highest BCUT2D eigenvalue weighted by Gasteiger charge is 2.68. The maximum absolute atomic E-state index is 11.2. The molecular formula is C42H68O14. The lowest BCUT2D eigenvalue weighted by atomic mass is 9.35. The third kappa shape index (κ3) is 6.26. The number of rotatable bonds is 7. The summed E-state index contributed by atoms with van der Waals surface area (Å²) >= 11 is 0. The van der Waals surface area contributed by atoms with Gasteiger partial charge in [-0.2, -0.15) is 0 Å². The fourth-order valence-electron chi connectivity index (χ4n) is 13.5. The van der Waals surface area contributed by atoms with Gasteiger partial charge in [0.05, 0.1) is 38.1 Å². The van der Waals surface area contributed by atoms with Crippen LogP contribution in [0.3, 0.4) is 0 Å². The van der Waals surface area contributed by atoms with Crippen LogP contribution in [-0.4, -0.2) is 151 Å². The molecule has 14 heteroatoms. The van der Waals surface area contributed by atoms with Gasteiger partial charge >= 0.3 is 0 Å². The Morgan fingerprint density at radius 1 is 0.696 bits per heavy atom. The maximum Gasteiger partial charge on any atom is 0.186 e. The smallest absolute Gasteiger partial charge is 0.186 e. The van der Waals surface area contributed by atoms with Crippen molar-refractivity contribution in [3.8, 4) is 0 Å². The zero-order valence-corrected chi connectivity index (χ0v) is 33.9. The quantitative estimate of drug-likeness (QED) is 0.158. The van der Waals surface area contributed by atoms with Gasteiger partial charge in [-0.1, -0.05) is 71.8 Å². The first-order valence-corrected chi connectivity index (χ1v) is 20.8. The highest BCUT2D eigenvalue weighted by Crippen LogP contribution is 2.74. The fourth-order valence-corrected chi connectivity index (χ4v) is 13.5. The average molecular weight is 797 g/mol. The Kier molecular flexibility index (Phi) is 11.4. The zero-order valence-electron chi connectivity index (χ0n) is 33.9. The third-order valence-electron chi connectivity index (χ3n) is 16.9. The molecule has 0 aromatic carbocycles. The maximum atomic E-state index is 11.2. The molecule has 6 fully saturated rings. The van der Waals surface area contributed by atoms with Crippen LogP contribution in [0, 0.1) is 50.7 Å². The lowest BCUT2D eigenvalue weighted by molar-refractivity contribution is -0.330. The van der Waals surface area contributed by atoms with E-state index in [0.717, 1.165) is 25.7 Å². The van der Waals surface area contributed by atoms with Crippen molar-refractivity contribution in [3.63, 3.8) is 0 Å². The van der Waals surface area contributed by atoms with Crippen LogP contribution in [0.4, 0.5) is 0 Å². The van der Waals surface area contributed by atoms with Crippen LogP contribution >= 0.6 is 0 Å². The second-order valence-corrected chi connectivity index (χ2v) is 20.2. The SMILES string of the molecule is C[C@H]1[C@H](CO[C@@H]2O[C@H](CO)[C@@H](O)[C@H](O)[C@H]2O)[C@@H](O[C@@H]2O[C@H](CO)[C@@H](O)[C@H](O)[C@H]2O)C[C@]2(C)CC[C@]3(C)C(=CC=C4[C@@]5(C)C[C@@H](O)[C@H](O)C(C)(C)[C@@H]5CC[C@]43C)[C@H]12. The Morgan fingerprint density at radius 2 is 1.29 bits per heavy atom. The monoisotopic (exact) mass is 796 g/mol. The van der Waals surface area contributed by atoms with Crippen molar-refractivity contribution in [3.05, 3.63) is 23.3 Å². The number of hydrogen-bond acceptors (Lipinski definition) is 14. The molecule has 0 aromatic rings. The van der Waals surface area contributed by atoms with Gasteiger partial charge < -0.3 is 70.0 Å². The Balaban J connectivity index is 1.25. The molecule has 0 amide bonds. The van der Waals surface area contributed by atoms with Crippen LogP contribution in [0.5, 0.6) is 0 Å². The third-order valence-corrected chi connectivity index (χ3v) is 16.9. The van der Waals surface area contributed by atoms with Crippen molar-refractivity contribution in [2.45, 2.75) is 167 Å². The molecule has 0 spiro atoms. The van der Waals surface area contributed by atoms with Gasteiger partial charge in [-0.25, -0.2) is 0 Å². The molecule has 56 heavy (non-hydrogen) atoms. The number of hydrogen-bond donors (Lipinski definition) is 10. The van der Waals surface area contributed by atoms with Crippen LogP contribution in [0.2, 0.25) is 0 Å². The van der Waals surface area contributed by atoms with Gasteiger partial charge in [0.15, 0.2) is 12.6 Å². The molecule has 14 nitrogen and oxygen atoms in total. The normalized spacial score (nSPS) is 55.5. The molecule has 0 radical (unpaired) electrons. The Labute approximate surface area is 330 Å². The molecule has 320 valence electrons. The first kappa shape index (κ1) is 43.0. The van der Waals surface area contributed by atoms with E-state index in [-0.39, 0.29) is 46.0 Å². The van der Waals surface area contributed by atoms with E-state index in [1.807, 2.05) is 0 Å². The summed E-state index contributed by atoms with van der Waals surface area (Å²) in [5, 5.41) is 106. The van der Waals surface area contributed by atoms with Crippen LogP contribution in [0.15, 0.2) is 23.3 Å². The van der Waals surface area contributed by atoms with Gasteiger partial charge in [-0.05, 0) is 83.4 Å². The molecule has 7 rings (SSSR count). The van der Waals surface area contributed by atoms with E-state index < -0.39 is 104 Å². The standard InChI is InChI=1S/C42H68O14/c1-19-20(18-53-36-33(50)31(48)29(46)24(16-43)55-36)23(54-37-34(51)32(49)30(47)25(17-44)56-37)15-39(4)12-13-41(6)21(28(19)39)8-9-27-40(5)14-22(45)35(52)38(2,3)26(40)10-11-42(27,41)7/h8-9,19-20,22-26,28-37,43-52H,10-18H2,1-7H3/t19-,20-,22+,23-,24+,25+,26-,28-,29+,30+,31-,32-,33+,34+,35-,36+,37+,39-,40-,41+,42+/m0/s1. The minimum atomic E-state index is -1.63. The van der Waals surface area contributed by atoms with E-state index in [4.69, 9.17) is 18.9 Å². The van der Waals surface area contributed by atoms with Crippen molar-refractivity contribution < 1.29 is 70.0 Å². The predicted molar refractivity (Wildman–Crippen MR) is 200 cm³/mol. The molecule has 0 unspecified atom stereocenters. The summed E-state index contributed by atoms with van der Waals surface area (Å²) < 4.78 is 24.4. The molecule has 7 aliphatic rings. The summed E-state index contributed by atoms with van der Waals surface area (Å²) in [7, 11) is 0. The zero-order chi connectivity index (χ0) is 41.1. The summed E-state index contributed by atoms with van der Waals surface area (Å²) in [6.07, 6.45) is -7.70. The Bertz CT molecular complexity index is 1520. The number of aliphatic hydroxyl groups excluding tert-OH is 10. The minimum absolute atomic E-state index is 0.0228. The van der Waals surface area contributed by atoms with Crippen molar-refractivity contribution in [1.29, 1.82) is 0 Å². The summed E-state index contributed by atoms with van der Waals surface area (Å²) in [5.41, 5.74) is 1.10. The molecule has 2 saturated heterocycles. The summed E-state index contributed by atoms with van der Waals surface area (Å²) in [4.78, 5) is 0. The van der Waals surface area contributed by atoms with Gasteiger partial charge in [0.1, 0.15) is 48.8 Å². The van der Waals surface area contributed by atoms with Crippen LogP contribution in [0.1, 0.15) is 87.0 Å². The van der Waals surface area contributed by atoms with Gasteiger partial charge in [-0.3, -0.25) is 0 Å². The van der Waals surface area contributed by atoms with Gasteiger partial charge in [0, 0.05) is 5.92 Å². The second-order valence-electron chi connectivity index (χ2n) is 20.2. The Morgan fingerprint density at radius 3 is 1.89 bits per heavy atom. The average Bonchev–Trinajstić information content (AvgIpc) is 3.14. The fraction of sp³-hybridized carbons (Fsp3) is 0.905. The predicted octanol–water partition coefficient (Wildman–Crippen LogP) is 0.507. The summed E-state index contributed by atoms with van der Waals surface area (Å²) in [5.74, 6) is -0.360. The molecule has 5 aliphatic carbocycles. The lowest BCUT2D eigenvalue weighted by Crippen LogP contribution is -2.64. The molecule has 21 atom stereocenters. The molecular weight excluding hydrogens is 728 g/mol. The van der Waals surface area contributed by atoms with Crippen molar-refractivity contribution in [1.82, 2.24) is 0 Å². The van der Waals surface area contributed by atoms with Crippen LogP contribution in [-0.2, 0) is 18.9 Å². The second kappa shape index (κ2) is 14.8. The van der Waals surface area contributed by atoms with Crippen molar-refractivity contribution >= 4 is 0 Å². The first-order valence-electron chi connectivity index (χ1n) is 20.8. The van der Waals surface area contributed by atoms with E-state index in [9.17, 15) is 51.1 Å². The molecule has 10 N–H and O–H groups in total. The van der Waals surface area contributed by atoms with Crippen molar-refractivity contribution in [2.75, 3.05) is 19.8 Å². The molecule has 4 saturated carbocycles. The Hall–Kier alpha value is -1.08. The highest BCUT2D eigenvalue weighted by molar-refractivity contribution is 5.46. The molecule has 2 heterocycles.